The Kier molecular flexibility index (Phi) is 3.68. The largest absolute Gasteiger partial charge is 0.480 e. The molecule has 0 saturated carbocycles. The highest BCUT2D eigenvalue weighted by Gasteiger charge is 2.49. The van der Waals surface area contributed by atoms with E-state index >= 15 is 0 Å². The van der Waals surface area contributed by atoms with Crippen molar-refractivity contribution < 1.29 is 9.90 Å². The first-order valence-corrected chi connectivity index (χ1v) is 6.26. The highest BCUT2D eigenvalue weighted by atomic mass is 16.4. The number of carbonyl (C=O) groups is 1. The van der Waals surface area contributed by atoms with E-state index in [2.05, 4.69) is 25.7 Å². The number of carboxylic acids is 1. The number of hydrogen-bond donors (Lipinski definition) is 1. The number of likely N-dealkylation sites (tertiary alicyclic amines) is 1. The minimum atomic E-state index is -0.662. The minimum absolute atomic E-state index is 0.294. The van der Waals surface area contributed by atoms with E-state index in [-0.39, 0.29) is 0 Å². The normalized spacial score (nSPS) is 19.6. The Bertz CT molecular complexity index is 258. The van der Waals surface area contributed by atoms with Gasteiger partial charge in [-0.3, -0.25) is 9.69 Å². The average Bonchev–Trinajstić information content (AvgIpc) is 2.07. The molecule has 0 aromatic heterocycles. The van der Waals surface area contributed by atoms with E-state index in [4.69, 9.17) is 0 Å². The molecule has 1 N–H and O–H groups in total. The molecule has 94 valence electrons. The molecule has 1 saturated heterocycles. The molecule has 0 aromatic carbocycles. The predicted octanol–water partition coefficient (Wildman–Crippen LogP) is 2.61. The summed E-state index contributed by atoms with van der Waals surface area (Å²) in [4.78, 5) is 13.6. The van der Waals surface area contributed by atoms with Gasteiger partial charge in [-0.2, -0.15) is 0 Å². The molecular formula is C13H25NO2. The summed E-state index contributed by atoms with van der Waals surface area (Å²) in [7, 11) is 0. The number of aliphatic carboxylic acids is 1. The number of rotatable bonds is 4. The van der Waals surface area contributed by atoms with E-state index in [1.807, 2.05) is 13.8 Å². The Morgan fingerprint density at radius 1 is 1.25 bits per heavy atom. The molecule has 1 heterocycles. The second-order valence-corrected chi connectivity index (χ2v) is 6.01. The van der Waals surface area contributed by atoms with Gasteiger partial charge in [-0.05, 0) is 24.2 Å². The van der Waals surface area contributed by atoms with Crippen LogP contribution in [-0.4, -0.2) is 34.6 Å². The highest BCUT2D eigenvalue weighted by Crippen LogP contribution is 2.39. The molecule has 0 spiro atoms. The number of nitrogens with zero attached hydrogens (tertiary/aromatic N) is 1. The molecule has 1 fully saturated rings. The van der Waals surface area contributed by atoms with Crippen LogP contribution in [0.25, 0.3) is 0 Å². The second kappa shape index (κ2) is 4.36. The van der Waals surface area contributed by atoms with E-state index in [1.54, 1.807) is 0 Å². The topological polar surface area (TPSA) is 40.5 Å². The van der Waals surface area contributed by atoms with E-state index in [0.29, 0.717) is 24.2 Å². The van der Waals surface area contributed by atoms with Crippen LogP contribution in [0.2, 0.25) is 0 Å². The van der Waals surface area contributed by atoms with Crippen LogP contribution >= 0.6 is 0 Å². The zero-order valence-corrected chi connectivity index (χ0v) is 11.2. The van der Waals surface area contributed by atoms with Gasteiger partial charge in [-0.25, -0.2) is 0 Å². The SMILES string of the molecule is CCC(CC)(C(=O)O)N1CC(C(C)(C)C)C1. The van der Waals surface area contributed by atoms with Crippen molar-refractivity contribution in [3.05, 3.63) is 0 Å². The lowest BCUT2D eigenvalue weighted by atomic mass is 9.73. The Balaban J connectivity index is 2.70. The summed E-state index contributed by atoms with van der Waals surface area (Å²) in [5, 5.41) is 9.41. The quantitative estimate of drug-likeness (QED) is 0.802. The van der Waals surface area contributed by atoms with Crippen molar-refractivity contribution in [1.29, 1.82) is 0 Å². The van der Waals surface area contributed by atoms with E-state index in [9.17, 15) is 9.90 Å². The third kappa shape index (κ3) is 2.10. The summed E-state index contributed by atoms with van der Waals surface area (Å²) in [5.41, 5.74) is -0.329. The predicted molar refractivity (Wildman–Crippen MR) is 65.5 cm³/mol. The van der Waals surface area contributed by atoms with Crippen molar-refractivity contribution in [1.82, 2.24) is 4.90 Å². The van der Waals surface area contributed by atoms with Crippen LogP contribution in [0.4, 0.5) is 0 Å². The van der Waals surface area contributed by atoms with Crippen LogP contribution in [0.15, 0.2) is 0 Å². The van der Waals surface area contributed by atoms with E-state index in [1.165, 1.54) is 0 Å². The van der Waals surface area contributed by atoms with Crippen LogP contribution in [0.5, 0.6) is 0 Å². The van der Waals surface area contributed by atoms with Crippen LogP contribution < -0.4 is 0 Å². The second-order valence-electron chi connectivity index (χ2n) is 6.01. The molecule has 0 aliphatic carbocycles. The fourth-order valence-electron chi connectivity index (χ4n) is 2.51. The number of carboxylic acid groups (broad SMARTS) is 1. The Labute approximate surface area is 98.8 Å². The molecule has 0 radical (unpaired) electrons. The molecule has 16 heavy (non-hydrogen) atoms. The van der Waals surface area contributed by atoms with Gasteiger partial charge in [-0.15, -0.1) is 0 Å². The Hall–Kier alpha value is -0.570. The summed E-state index contributed by atoms with van der Waals surface area (Å²) >= 11 is 0. The van der Waals surface area contributed by atoms with Gasteiger partial charge in [0.05, 0.1) is 0 Å². The maximum absolute atomic E-state index is 11.4. The fraction of sp³-hybridized carbons (Fsp3) is 0.923. The third-order valence-corrected chi connectivity index (χ3v) is 4.28. The maximum atomic E-state index is 11.4. The highest BCUT2D eigenvalue weighted by molar-refractivity contribution is 5.78. The van der Waals surface area contributed by atoms with Gasteiger partial charge in [0.15, 0.2) is 0 Å². The first kappa shape index (κ1) is 13.5. The molecule has 0 aromatic rings. The molecule has 0 atom stereocenters. The molecule has 0 bridgehead atoms. The zero-order chi connectivity index (χ0) is 12.6. The summed E-state index contributed by atoms with van der Waals surface area (Å²) in [5.74, 6) is -0.0332. The fourth-order valence-corrected chi connectivity index (χ4v) is 2.51. The Morgan fingerprint density at radius 2 is 1.69 bits per heavy atom. The van der Waals surface area contributed by atoms with Gasteiger partial charge in [0.1, 0.15) is 5.54 Å². The number of hydrogen-bond acceptors (Lipinski definition) is 2. The van der Waals surface area contributed by atoms with Gasteiger partial charge in [0, 0.05) is 13.1 Å². The summed E-state index contributed by atoms with van der Waals surface area (Å²) in [6.07, 6.45) is 1.38. The standard InChI is InChI=1S/C13H25NO2/c1-6-13(7-2,11(15)16)14-8-10(9-14)12(3,4)5/h10H,6-9H2,1-5H3,(H,15,16). The molecular weight excluding hydrogens is 202 g/mol. The van der Waals surface area contributed by atoms with E-state index in [0.717, 1.165) is 13.1 Å². The van der Waals surface area contributed by atoms with Crippen molar-refractivity contribution in [2.24, 2.45) is 11.3 Å². The van der Waals surface area contributed by atoms with Crippen molar-refractivity contribution in [3.63, 3.8) is 0 Å². The molecule has 1 aliphatic heterocycles. The van der Waals surface area contributed by atoms with Crippen molar-refractivity contribution >= 4 is 5.97 Å². The lowest BCUT2D eigenvalue weighted by Gasteiger charge is -2.53. The van der Waals surface area contributed by atoms with Crippen molar-refractivity contribution in [3.8, 4) is 0 Å². The van der Waals surface area contributed by atoms with Crippen LogP contribution in [0.1, 0.15) is 47.5 Å². The van der Waals surface area contributed by atoms with Crippen molar-refractivity contribution in [2.75, 3.05) is 13.1 Å². The third-order valence-electron chi connectivity index (χ3n) is 4.28. The van der Waals surface area contributed by atoms with Crippen LogP contribution in [0.3, 0.4) is 0 Å². The first-order valence-electron chi connectivity index (χ1n) is 6.26. The van der Waals surface area contributed by atoms with Gasteiger partial charge < -0.3 is 5.11 Å². The van der Waals surface area contributed by atoms with Crippen molar-refractivity contribution in [2.45, 2.75) is 53.0 Å². The van der Waals surface area contributed by atoms with Crippen LogP contribution in [0, 0.1) is 11.3 Å². The molecule has 0 amide bonds. The van der Waals surface area contributed by atoms with Crippen LogP contribution in [-0.2, 0) is 4.79 Å². The van der Waals surface area contributed by atoms with Gasteiger partial charge in [-0.1, -0.05) is 34.6 Å². The minimum Gasteiger partial charge on any atom is -0.480 e. The zero-order valence-electron chi connectivity index (χ0n) is 11.2. The van der Waals surface area contributed by atoms with E-state index < -0.39 is 11.5 Å². The summed E-state index contributed by atoms with van der Waals surface area (Å²) in [6, 6.07) is 0. The van der Waals surface area contributed by atoms with Gasteiger partial charge >= 0.3 is 5.97 Å². The smallest absolute Gasteiger partial charge is 0.324 e. The molecule has 1 aliphatic rings. The lowest BCUT2D eigenvalue weighted by Crippen LogP contribution is -2.65. The molecule has 1 rings (SSSR count). The van der Waals surface area contributed by atoms with Gasteiger partial charge in [0.25, 0.3) is 0 Å². The van der Waals surface area contributed by atoms with Gasteiger partial charge in [0.2, 0.25) is 0 Å². The molecule has 0 unspecified atom stereocenters. The molecule has 3 nitrogen and oxygen atoms in total. The summed E-state index contributed by atoms with van der Waals surface area (Å²) < 4.78 is 0. The first-order chi connectivity index (χ1) is 7.28. The average molecular weight is 227 g/mol. The summed E-state index contributed by atoms with van der Waals surface area (Å²) in [6.45, 7) is 12.5. The monoisotopic (exact) mass is 227 g/mol. The lowest BCUT2D eigenvalue weighted by molar-refractivity contribution is -0.161. The molecule has 3 heteroatoms. The maximum Gasteiger partial charge on any atom is 0.324 e. The Morgan fingerprint density at radius 3 is 1.94 bits per heavy atom.